The Labute approximate surface area is 147 Å². The molecule has 1 aliphatic rings. The Balaban J connectivity index is 0.00000400. The molecule has 1 aliphatic heterocycles. The van der Waals surface area contributed by atoms with Gasteiger partial charge in [0.05, 0.1) is 12.5 Å². The minimum Gasteiger partial charge on any atom is -0.747 e. The van der Waals surface area contributed by atoms with Crippen molar-refractivity contribution in [3.8, 4) is 0 Å². The summed E-state index contributed by atoms with van der Waals surface area (Å²) in [5.74, 6) is -1.44. The number of β-lactam (4-membered cyclic amide) rings is 1. The molecule has 0 aromatic rings. The third-order valence-corrected chi connectivity index (χ3v) is 5.06. The monoisotopic (exact) mass is 328 g/mol. The molecule has 2 N–H and O–H groups in total. The fourth-order valence-electron chi connectivity index (χ4n) is 2.36. The summed E-state index contributed by atoms with van der Waals surface area (Å²) in [6.07, 6.45) is 2.01. The van der Waals surface area contributed by atoms with E-state index in [9.17, 15) is 22.6 Å². The normalized spacial score (nSPS) is 24.5. The molecule has 2 amide bonds. The van der Waals surface area contributed by atoms with E-state index in [0.717, 1.165) is 12.8 Å². The summed E-state index contributed by atoms with van der Waals surface area (Å²) in [5, 5.41) is 4.96. The van der Waals surface area contributed by atoms with E-state index in [2.05, 4.69) is 10.6 Å². The first kappa shape index (κ1) is 20.9. The summed E-state index contributed by atoms with van der Waals surface area (Å²) in [7, 11) is -4.90. The van der Waals surface area contributed by atoms with Crippen LogP contribution in [0.15, 0.2) is 0 Å². The van der Waals surface area contributed by atoms with Crippen LogP contribution >= 0.6 is 0 Å². The molecule has 7 nitrogen and oxygen atoms in total. The van der Waals surface area contributed by atoms with Crippen LogP contribution in [0.3, 0.4) is 0 Å². The smallest absolute Gasteiger partial charge is 0.747 e. The van der Waals surface area contributed by atoms with E-state index in [1.807, 2.05) is 13.8 Å². The fourth-order valence-corrected chi connectivity index (χ4v) is 3.48. The van der Waals surface area contributed by atoms with Gasteiger partial charge in [-0.2, -0.15) is 0 Å². The molecule has 1 rings (SSSR count). The van der Waals surface area contributed by atoms with Gasteiger partial charge in [0.2, 0.25) is 11.8 Å². The average Bonchev–Trinajstić information content (AvgIpc) is 2.34. The molecule has 9 heteroatoms. The Morgan fingerprint density at radius 2 is 2.00 bits per heavy atom. The topological polar surface area (TPSA) is 115 Å². The Bertz CT molecular complexity index is 482. The van der Waals surface area contributed by atoms with Crippen LogP contribution in [-0.4, -0.2) is 42.1 Å². The SMILES string of the molecule is CCCCNC(=O)CC1(S(=O)(=O)[O-])C(=O)NC1CCC.[Na+]. The van der Waals surface area contributed by atoms with E-state index >= 15 is 0 Å². The molecule has 116 valence electrons. The number of amides is 2. The van der Waals surface area contributed by atoms with Crippen LogP contribution in [0.1, 0.15) is 46.0 Å². The van der Waals surface area contributed by atoms with E-state index < -0.39 is 39.1 Å². The summed E-state index contributed by atoms with van der Waals surface area (Å²) >= 11 is 0. The van der Waals surface area contributed by atoms with Gasteiger partial charge in [0, 0.05) is 6.54 Å². The van der Waals surface area contributed by atoms with Crippen molar-refractivity contribution in [1.29, 1.82) is 0 Å². The van der Waals surface area contributed by atoms with Gasteiger partial charge in [-0.15, -0.1) is 0 Å². The zero-order chi connectivity index (χ0) is 15.4. The van der Waals surface area contributed by atoms with Gasteiger partial charge in [-0.1, -0.05) is 26.7 Å². The van der Waals surface area contributed by atoms with Crippen LogP contribution in [0, 0.1) is 0 Å². The second-order valence-electron chi connectivity index (χ2n) is 5.04. The maximum absolute atomic E-state index is 11.8. The first-order valence-electron chi connectivity index (χ1n) is 6.82. The zero-order valence-electron chi connectivity index (χ0n) is 12.8. The minimum absolute atomic E-state index is 0. The third kappa shape index (κ3) is 4.41. The molecule has 0 bridgehead atoms. The van der Waals surface area contributed by atoms with Gasteiger partial charge in [-0.3, -0.25) is 9.59 Å². The van der Waals surface area contributed by atoms with E-state index in [1.165, 1.54) is 0 Å². The zero-order valence-corrected chi connectivity index (χ0v) is 15.6. The standard InChI is InChI=1S/C12H22N2O5S.Na/c1-3-5-7-13-10(15)8-12(20(17,18)19)9(6-4-2)14-11(12)16;/h9H,3-8H2,1-2H3,(H,13,15)(H,14,16)(H,17,18,19);/q;+1/p-1. The molecule has 1 saturated heterocycles. The minimum atomic E-state index is -4.90. The molecule has 2 unspecified atom stereocenters. The van der Waals surface area contributed by atoms with Crippen LogP contribution in [0.2, 0.25) is 0 Å². The predicted molar refractivity (Wildman–Crippen MR) is 71.8 cm³/mol. The number of hydrogen-bond acceptors (Lipinski definition) is 5. The summed E-state index contributed by atoms with van der Waals surface area (Å²) in [4.78, 5) is 23.5. The van der Waals surface area contributed by atoms with E-state index in [1.54, 1.807) is 0 Å². The van der Waals surface area contributed by atoms with Crippen LogP contribution in [0.4, 0.5) is 0 Å². The molecule has 2 atom stereocenters. The largest absolute Gasteiger partial charge is 1.00 e. The molecule has 0 aromatic heterocycles. The van der Waals surface area contributed by atoms with Crippen molar-refractivity contribution in [2.24, 2.45) is 0 Å². The molecule has 1 fully saturated rings. The molecule has 0 spiro atoms. The van der Waals surface area contributed by atoms with Crippen molar-refractivity contribution in [2.75, 3.05) is 6.54 Å². The fraction of sp³-hybridized carbons (Fsp3) is 0.833. The molecular weight excluding hydrogens is 307 g/mol. The predicted octanol–water partition coefficient (Wildman–Crippen LogP) is -3.12. The van der Waals surface area contributed by atoms with Crippen molar-refractivity contribution >= 4 is 21.9 Å². The van der Waals surface area contributed by atoms with Gasteiger partial charge >= 0.3 is 29.6 Å². The van der Waals surface area contributed by atoms with E-state index in [4.69, 9.17) is 0 Å². The number of hydrogen-bond donors (Lipinski definition) is 2. The summed E-state index contributed by atoms with van der Waals surface area (Å²) in [6.45, 7) is 4.17. The van der Waals surface area contributed by atoms with Crippen LogP contribution in [0.25, 0.3) is 0 Å². The Morgan fingerprint density at radius 3 is 2.43 bits per heavy atom. The van der Waals surface area contributed by atoms with Gasteiger partial charge in [0.1, 0.15) is 10.1 Å². The Hall–Kier alpha value is -0.150. The number of carbonyl (C=O) groups is 2. The molecule has 1 heterocycles. The van der Waals surface area contributed by atoms with E-state index in [-0.39, 0.29) is 29.6 Å². The van der Waals surface area contributed by atoms with Gasteiger partial charge in [-0.25, -0.2) is 8.42 Å². The first-order chi connectivity index (χ1) is 9.29. The van der Waals surface area contributed by atoms with Crippen molar-refractivity contribution in [3.05, 3.63) is 0 Å². The molecule has 0 aromatic carbocycles. The van der Waals surface area contributed by atoms with Crippen molar-refractivity contribution in [2.45, 2.75) is 56.7 Å². The third-order valence-electron chi connectivity index (χ3n) is 3.55. The molecule has 21 heavy (non-hydrogen) atoms. The first-order valence-corrected chi connectivity index (χ1v) is 8.23. The Kier molecular flexibility index (Phi) is 8.41. The van der Waals surface area contributed by atoms with Crippen molar-refractivity contribution in [3.63, 3.8) is 0 Å². The van der Waals surface area contributed by atoms with Gasteiger partial charge in [0.15, 0.2) is 4.75 Å². The second kappa shape index (κ2) is 8.47. The summed E-state index contributed by atoms with van der Waals surface area (Å²) in [6, 6.07) is -0.778. The van der Waals surface area contributed by atoms with Gasteiger partial charge < -0.3 is 15.2 Å². The summed E-state index contributed by atoms with van der Waals surface area (Å²) in [5.41, 5.74) is 0. The maximum atomic E-state index is 11.8. The van der Waals surface area contributed by atoms with Crippen LogP contribution in [0.5, 0.6) is 0 Å². The quantitative estimate of drug-likeness (QED) is 0.212. The van der Waals surface area contributed by atoms with E-state index in [0.29, 0.717) is 19.4 Å². The molecule has 0 radical (unpaired) electrons. The number of rotatable bonds is 8. The number of nitrogens with one attached hydrogen (secondary N) is 2. The maximum Gasteiger partial charge on any atom is 1.00 e. The second-order valence-corrected chi connectivity index (χ2v) is 6.68. The average molecular weight is 328 g/mol. The van der Waals surface area contributed by atoms with Crippen molar-refractivity contribution < 1.29 is 52.1 Å². The molecule has 0 aliphatic carbocycles. The molecule has 0 saturated carbocycles. The summed E-state index contributed by atoms with van der Waals surface area (Å²) < 4.78 is 32.4. The number of unbranched alkanes of at least 4 members (excludes halogenated alkanes) is 1. The van der Waals surface area contributed by atoms with Gasteiger partial charge in [0.25, 0.3) is 0 Å². The molecular formula is C12H21N2NaO5S. The van der Waals surface area contributed by atoms with Crippen LogP contribution in [-0.2, 0) is 19.7 Å². The van der Waals surface area contributed by atoms with Crippen LogP contribution < -0.4 is 40.2 Å². The number of carbonyl (C=O) groups excluding carboxylic acids is 2. The van der Waals surface area contributed by atoms with Crippen molar-refractivity contribution in [1.82, 2.24) is 10.6 Å². The van der Waals surface area contributed by atoms with Gasteiger partial charge in [-0.05, 0) is 12.8 Å². The Morgan fingerprint density at radius 1 is 1.38 bits per heavy atom.